The highest BCUT2D eigenvalue weighted by atomic mass is 16.1. The molecule has 0 radical (unpaired) electrons. The third-order valence-electron chi connectivity index (χ3n) is 5.29. The lowest BCUT2D eigenvalue weighted by Gasteiger charge is -2.19. The largest absolute Gasteiger partial charge is 0.373 e. The van der Waals surface area contributed by atoms with Crippen molar-refractivity contribution in [1.82, 2.24) is 10.3 Å². The third kappa shape index (κ3) is 3.32. The summed E-state index contributed by atoms with van der Waals surface area (Å²) in [6, 6.07) is 16.2. The molecule has 134 valence electrons. The van der Waals surface area contributed by atoms with Gasteiger partial charge in [0.25, 0.3) is 5.91 Å². The summed E-state index contributed by atoms with van der Waals surface area (Å²) in [6.45, 7) is 1.39. The highest BCUT2D eigenvalue weighted by molar-refractivity contribution is 5.99. The van der Waals surface area contributed by atoms with E-state index in [1.54, 1.807) is 0 Å². The van der Waals surface area contributed by atoms with E-state index < -0.39 is 0 Å². The minimum absolute atomic E-state index is 0.000814. The van der Waals surface area contributed by atoms with Gasteiger partial charge in [-0.05, 0) is 61.6 Å². The Balaban J connectivity index is 1.41. The van der Waals surface area contributed by atoms with E-state index in [0.29, 0.717) is 6.54 Å². The number of likely N-dealkylation sites (N-methyl/N-ethyl adjacent to an activating group) is 1. The van der Waals surface area contributed by atoms with Crippen molar-refractivity contribution in [2.75, 3.05) is 25.0 Å². The highest BCUT2D eigenvalue weighted by Crippen LogP contribution is 2.29. The molecule has 4 heteroatoms. The van der Waals surface area contributed by atoms with E-state index in [1.165, 1.54) is 29.5 Å². The molecule has 1 aliphatic rings. The van der Waals surface area contributed by atoms with Crippen LogP contribution in [0.15, 0.2) is 48.5 Å². The zero-order chi connectivity index (χ0) is 17.9. The number of H-pyrrole nitrogens is 1. The Kier molecular flexibility index (Phi) is 4.65. The van der Waals surface area contributed by atoms with Crippen LogP contribution in [0.4, 0.5) is 5.69 Å². The first-order valence-corrected chi connectivity index (χ1v) is 9.40. The summed E-state index contributed by atoms with van der Waals surface area (Å²) in [5.74, 6) is -0.000814. The SMILES string of the molecule is CN(CCNC(=O)c1ccc2[nH]c3c(c2c1)CCCC3)c1ccccc1. The van der Waals surface area contributed by atoms with Crippen LogP contribution in [0.5, 0.6) is 0 Å². The van der Waals surface area contributed by atoms with Gasteiger partial charge in [-0.25, -0.2) is 0 Å². The second-order valence-electron chi connectivity index (χ2n) is 7.06. The molecular weight excluding hydrogens is 322 g/mol. The van der Waals surface area contributed by atoms with Gasteiger partial charge in [-0.2, -0.15) is 0 Å². The number of carbonyl (C=O) groups excluding carboxylic acids is 1. The molecule has 0 saturated carbocycles. The number of amides is 1. The summed E-state index contributed by atoms with van der Waals surface area (Å²) in [5.41, 5.74) is 5.81. The second kappa shape index (κ2) is 7.24. The van der Waals surface area contributed by atoms with Crippen molar-refractivity contribution >= 4 is 22.5 Å². The number of rotatable bonds is 5. The van der Waals surface area contributed by atoms with Crippen molar-refractivity contribution in [3.8, 4) is 0 Å². The molecule has 26 heavy (non-hydrogen) atoms. The van der Waals surface area contributed by atoms with Crippen molar-refractivity contribution in [2.45, 2.75) is 25.7 Å². The summed E-state index contributed by atoms with van der Waals surface area (Å²) < 4.78 is 0. The van der Waals surface area contributed by atoms with Crippen LogP contribution in [-0.2, 0) is 12.8 Å². The zero-order valence-corrected chi connectivity index (χ0v) is 15.2. The van der Waals surface area contributed by atoms with Gasteiger partial charge in [-0.3, -0.25) is 4.79 Å². The predicted octanol–water partition coefficient (Wildman–Crippen LogP) is 3.91. The second-order valence-corrected chi connectivity index (χ2v) is 7.06. The zero-order valence-electron chi connectivity index (χ0n) is 15.2. The smallest absolute Gasteiger partial charge is 0.251 e. The number of hydrogen-bond donors (Lipinski definition) is 2. The summed E-state index contributed by atoms with van der Waals surface area (Å²) >= 11 is 0. The highest BCUT2D eigenvalue weighted by Gasteiger charge is 2.16. The van der Waals surface area contributed by atoms with E-state index in [-0.39, 0.29) is 5.91 Å². The maximum absolute atomic E-state index is 12.6. The number of aromatic amines is 1. The first-order valence-electron chi connectivity index (χ1n) is 9.40. The number of anilines is 1. The van der Waals surface area contributed by atoms with Crippen LogP contribution in [-0.4, -0.2) is 31.0 Å². The van der Waals surface area contributed by atoms with Crippen LogP contribution in [0.1, 0.15) is 34.5 Å². The van der Waals surface area contributed by atoms with E-state index >= 15 is 0 Å². The molecule has 0 unspecified atom stereocenters. The first kappa shape index (κ1) is 16.7. The molecule has 2 N–H and O–H groups in total. The Morgan fingerprint density at radius 3 is 2.77 bits per heavy atom. The van der Waals surface area contributed by atoms with Gasteiger partial charge in [0, 0.05) is 48.0 Å². The van der Waals surface area contributed by atoms with Crippen molar-refractivity contribution < 1.29 is 4.79 Å². The molecule has 0 aliphatic heterocycles. The fourth-order valence-electron chi connectivity index (χ4n) is 3.80. The van der Waals surface area contributed by atoms with Crippen LogP contribution in [0, 0.1) is 0 Å². The molecule has 4 rings (SSSR count). The van der Waals surface area contributed by atoms with E-state index in [0.717, 1.165) is 36.2 Å². The van der Waals surface area contributed by atoms with E-state index in [9.17, 15) is 4.79 Å². The van der Waals surface area contributed by atoms with Gasteiger partial charge in [0.1, 0.15) is 0 Å². The van der Waals surface area contributed by atoms with Crippen LogP contribution in [0.25, 0.3) is 10.9 Å². The Morgan fingerprint density at radius 2 is 1.92 bits per heavy atom. The Bertz CT molecular complexity index is 914. The lowest BCUT2D eigenvalue weighted by Crippen LogP contribution is -2.32. The maximum atomic E-state index is 12.6. The molecule has 0 spiro atoms. The lowest BCUT2D eigenvalue weighted by atomic mass is 9.95. The Labute approximate surface area is 154 Å². The number of nitrogens with zero attached hydrogens (tertiary/aromatic N) is 1. The summed E-state index contributed by atoms with van der Waals surface area (Å²) in [6.07, 6.45) is 4.73. The lowest BCUT2D eigenvalue weighted by molar-refractivity contribution is 0.0955. The molecule has 3 aromatic rings. The van der Waals surface area contributed by atoms with Crippen LogP contribution < -0.4 is 10.2 Å². The topological polar surface area (TPSA) is 48.1 Å². The first-order chi connectivity index (χ1) is 12.7. The number of fused-ring (bicyclic) bond motifs is 3. The molecule has 2 aromatic carbocycles. The molecule has 1 aliphatic carbocycles. The van der Waals surface area contributed by atoms with Crippen molar-refractivity contribution in [3.63, 3.8) is 0 Å². The molecular formula is C22H25N3O. The molecule has 4 nitrogen and oxygen atoms in total. The number of benzene rings is 2. The van der Waals surface area contributed by atoms with Crippen molar-refractivity contribution in [2.24, 2.45) is 0 Å². The van der Waals surface area contributed by atoms with Gasteiger partial charge in [-0.15, -0.1) is 0 Å². The number of para-hydroxylation sites is 1. The van der Waals surface area contributed by atoms with E-state index in [1.807, 2.05) is 43.4 Å². The predicted molar refractivity (Wildman–Crippen MR) is 107 cm³/mol. The number of aryl methyl sites for hydroxylation is 2. The molecule has 1 aromatic heterocycles. The fourth-order valence-corrected chi connectivity index (χ4v) is 3.80. The average Bonchev–Trinajstić information content (AvgIpc) is 3.06. The Hall–Kier alpha value is -2.75. The van der Waals surface area contributed by atoms with E-state index in [2.05, 4.69) is 27.3 Å². The monoisotopic (exact) mass is 347 g/mol. The summed E-state index contributed by atoms with van der Waals surface area (Å²) in [5, 5.41) is 4.26. The number of aromatic nitrogens is 1. The number of carbonyl (C=O) groups is 1. The van der Waals surface area contributed by atoms with Crippen molar-refractivity contribution in [1.29, 1.82) is 0 Å². The van der Waals surface area contributed by atoms with Crippen LogP contribution >= 0.6 is 0 Å². The van der Waals surface area contributed by atoms with Crippen LogP contribution in [0.2, 0.25) is 0 Å². The van der Waals surface area contributed by atoms with Crippen molar-refractivity contribution in [3.05, 3.63) is 65.4 Å². The fraction of sp³-hybridized carbons (Fsp3) is 0.318. The average molecular weight is 347 g/mol. The summed E-state index contributed by atoms with van der Waals surface area (Å²) in [7, 11) is 2.04. The normalized spacial score (nSPS) is 13.4. The van der Waals surface area contributed by atoms with Gasteiger partial charge in [0.2, 0.25) is 0 Å². The van der Waals surface area contributed by atoms with Crippen LogP contribution in [0.3, 0.4) is 0 Å². The summed E-state index contributed by atoms with van der Waals surface area (Å²) in [4.78, 5) is 18.2. The molecule has 1 heterocycles. The number of hydrogen-bond acceptors (Lipinski definition) is 2. The van der Waals surface area contributed by atoms with Gasteiger partial charge in [0.15, 0.2) is 0 Å². The number of nitrogens with one attached hydrogen (secondary N) is 2. The van der Waals surface area contributed by atoms with E-state index in [4.69, 9.17) is 0 Å². The molecule has 0 atom stereocenters. The van der Waals surface area contributed by atoms with Gasteiger partial charge in [0.05, 0.1) is 0 Å². The molecule has 0 bridgehead atoms. The molecule has 1 amide bonds. The quantitative estimate of drug-likeness (QED) is 0.735. The minimum atomic E-state index is -0.000814. The van der Waals surface area contributed by atoms with Gasteiger partial charge in [-0.1, -0.05) is 18.2 Å². The molecule has 0 saturated heterocycles. The Morgan fingerprint density at radius 1 is 1.12 bits per heavy atom. The van der Waals surface area contributed by atoms with Gasteiger partial charge < -0.3 is 15.2 Å². The standard InChI is InChI=1S/C22H25N3O/c1-25(17-7-3-2-4-8-17)14-13-23-22(26)16-11-12-21-19(15-16)18-9-5-6-10-20(18)24-21/h2-4,7-8,11-12,15,24H,5-6,9-10,13-14H2,1H3,(H,23,26). The minimum Gasteiger partial charge on any atom is -0.373 e. The third-order valence-corrected chi connectivity index (χ3v) is 5.29. The maximum Gasteiger partial charge on any atom is 0.251 e. The molecule has 0 fully saturated rings. The van der Waals surface area contributed by atoms with Gasteiger partial charge >= 0.3 is 0 Å².